The molecule has 0 saturated carbocycles. The predicted octanol–water partition coefficient (Wildman–Crippen LogP) is 12.8. The van der Waals surface area contributed by atoms with Crippen LogP contribution in [0.25, 0.3) is 11.1 Å². The SMILES string of the molecule is CCCCCCc1cc(C)cc(C2(C)c3cc(Nc4c(C)cc(C)cc4C)ccc3-c3ccc(Nc4c(C)cc(C)cc4C)cc32)c1. The number of unbranched alkanes of at least 4 members (excludes halogenated alkanes) is 3. The maximum atomic E-state index is 3.82. The second kappa shape index (κ2) is 13.1. The summed E-state index contributed by atoms with van der Waals surface area (Å²) < 4.78 is 0. The molecule has 0 unspecified atom stereocenters. The van der Waals surface area contributed by atoms with Crippen LogP contribution in [0.15, 0.2) is 78.9 Å². The third-order valence-electron chi connectivity index (χ3n) is 10.3. The van der Waals surface area contributed by atoms with Crippen LogP contribution in [0.1, 0.15) is 101 Å². The highest BCUT2D eigenvalue weighted by molar-refractivity contribution is 5.87. The van der Waals surface area contributed by atoms with Gasteiger partial charge in [-0.2, -0.15) is 0 Å². The van der Waals surface area contributed by atoms with Crippen molar-refractivity contribution in [1.29, 1.82) is 0 Å². The third kappa shape index (κ3) is 6.35. The largest absolute Gasteiger partial charge is 0.355 e. The van der Waals surface area contributed by atoms with E-state index < -0.39 is 0 Å². The Morgan fingerprint density at radius 3 is 1.45 bits per heavy atom. The Balaban J connectivity index is 1.48. The van der Waals surface area contributed by atoms with Gasteiger partial charge < -0.3 is 10.6 Å². The number of aryl methyl sites for hydroxylation is 8. The summed E-state index contributed by atoms with van der Waals surface area (Å²) in [5.74, 6) is 0. The molecule has 1 aliphatic carbocycles. The summed E-state index contributed by atoms with van der Waals surface area (Å²) in [6, 6.07) is 30.4. The molecule has 0 radical (unpaired) electrons. The highest BCUT2D eigenvalue weighted by Gasteiger charge is 2.41. The lowest BCUT2D eigenvalue weighted by Gasteiger charge is -2.30. The molecule has 1 aliphatic rings. The summed E-state index contributed by atoms with van der Waals surface area (Å²) in [5, 5.41) is 7.65. The lowest BCUT2D eigenvalue weighted by molar-refractivity contribution is 0.663. The fourth-order valence-electron chi connectivity index (χ4n) is 8.09. The molecule has 0 heterocycles. The van der Waals surface area contributed by atoms with Crippen LogP contribution in [0.3, 0.4) is 0 Å². The van der Waals surface area contributed by atoms with Gasteiger partial charge >= 0.3 is 0 Å². The van der Waals surface area contributed by atoms with Gasteiger partial charge in [-0.1, -0.05) is 97.5 Å². The van der Waals surface area contributed by atoms with Crippen LogP contribution < -0.4 is 10.6 Å². The smallest absolute Gasteiger partial charge is 0.0443 e. The molecule has 2 N–H and O–H groups in total. The van der Waals surface area contributed by atoms with Crippen molar-refractivity contribution in [2.24, 2.45) is 0 Å². The monoisotopic (exact) mass is 620 g/mol. The van der Waals surface area contributed by atoms with Crippen LogP contribution in [0, 0.1) is 48.5 Å². The van der Waals surface area contributed by atoms with E-state index in [1.165, 1.54) is 109 Å². The molecule has 0 fully saturated rings. The zero-order chi connectivity index (χ0) is 33.5. The van der Waals surface area contributed by atoms with E-state index in [2.05, 4.69) is 152 Å². The standard InChI is InChI=1S/C45H52N2/c1-10-11-12-13-14-35-23-30(4)24-36(25-35)45(9)41-26-37(46-43-31(5)19-28(2)20-32(43)6)15-17-39(41)40-18-16-38(27-42(40)45)47-44-33(7)21-29(3)22-34(44)8/h15-27,46-47H,10-14H2,1-9H3. The Labute approximate surface area is 283 Å². The molecule has 0 amide bonds. The van der Waals surface area contributed by atoms with Crippen molar-refractivity contribution in [2.75, 3.05) is 10.6 Å². The predicted molar refractivity (Wildman–Crippen MR) is 204 cm³/mol. The van der Waals surface area contributed by atoms with Gasteiger partial charge in [0.05, 0.1) is 0 Å². The molecule has 0 aromatic heterocycles. The third-order valence-corrected chi connectivity index (χ3v) is 10.3. The molecule has 5 aromatic rings. The minimum Gasteiger partial charge on any atom is -0.355 e. The summed E-state index contributed by atoms with van der Waals surface area (Å²) in [4.78, 5) is 0. The topological polar surface area (TPSA) is 24.1 Å². The zero-order valence-electron chi connectivity index (χ0n) is 30.0. The Hall–Kier alpha value is -4.30. The van der Waals surface area contributed by atoms with Crippen molar-refractivity contribution in [2.45, 2.75) is 99.8 Å². The summed E-state index contributed by atoms with van der Waals surface area (Å²) in [6.07, 6.45) is 6.24. The minimum absolute atomic E-state index is 0.307. The minimum atomic E-state index is -0.307. The highest BCUT2D eigenvalue weighted by atomic mass is 14.9. The molecule has 2 nitrogen and oxygen atoms in total. The second-order valence-corrected chi connectivity index (χ2v) is 14.5. The number of hydrogen-bond acceptors (Lipinski definition) is 2. The molecule has 0 atom stereocenters. The molecule has 0 saturated heterocycles. The normalized spacial score (nSPS) is 13.0. The van der Waals surface area contributed by atoms with Crippen LogP contribution in [-0.4, -0.2) is 0 Å². The van der Waals surface area contributed by atoms with Crippen molar-refractivity contribution in [1.82, 2.24) is 0 Å². The molecule has 242 valence electrons. The van der Waals surface area contributed by atoms with Gasteiger partial charge in [-0.15, -0.1) is 0 Å². The van der Waals surface area contributed by atoms with E-state index in [0.717, 1.165) is 17.8 Å². The second-order valence-electron chi connectivity index (χ2n) is 14.5. The van der Waals surface area contributed by atoms with Gasteiger partial charge in [-0.05, 0) is 148 Å². The van der Waals surface area contributed by atoms with Gasteiger partial charge in [0.15, 0.2) is 0 Å². The Morgan fingerprint density at radius 2 is 0.979 bits per heavy atom. The van der Waals surface area contributed by atoms with E-state index in [4.69, 9.17) is 0 Å². The highest BCUT2D eigenvalue weighted by Crippen LogP contribution is 2.54. The number of fused-ring (bicyclic) bond motifs is 3. The molecule has 5 aromatic carbocycles. The van der Waals surface area contributed by atoms with Crippen molar-refractivity contribution in [3.8, 4) is 11.1 Å². The van der Waals surface area contributed by atoms with Gasteiger partial charge in [-0.3, -0.25) is 0 Å². The lowest BCUT2D eigenvalue weighted by Crippen LogP contribution is -2.23. The Morgan fingerprint density at radius 1 is 0.511 bits per heavy atom. The number of hydrogen-bond donors (Lipinski definition) is 2. The molecule has 47 heavy (non-hydrogen) atoms. The average molecular weight is 621 g/mol. The van der Waals surface area contributed by atoms with Crippen LogP contribution >= 0.6 is 0 Å². The molecular weight excluding hydrogens is 569 g/mol. The molecular formula is C45H52N2. The first-order chi connectivity index (χ1) is 22.5. The van der Waals surface area contributed by atoms with E-state index in [1.54, 1.807) is 0 Å². The molecule has 0 aliphatic heterocycles. The molecule has 0 spiro atoms. The summed E-state index contributed by atoms with van der Waals surface area (Å²) >= 11 is 0. The van der Waals surface area contributed by atoms with Crippen LogP contribution in [0.5, 0.6) is 0 Å². The lowest BCUT2D eigenvalue weighted by atomic mass is 9.73. The van der Waals surface area contributed by atoms with Crippen LogP contribution in [0.2, 0.25) is 0 Å². The number of nitrogens with one attached hydrogen (secondary N) is 2. The van der Waals surface area contributed by atoms with E-state index in [1.807, 2.05) is 0 Å². The maximum Gasteiger partial charge on any atom is 0.0443 e. The van der Waals surface area contributed by atoms with Gasteiger partial charge in [0, 0.05) is 28.2 Å². The average Bonchev–Trinajstić information content (AvgIpc) is 3.26. The first-order valence-electron chi connectivity index (χ1n) is 17.6. The quantitative estimate of drug-likeness (QED) is 0.152. The van der Waals surface area contributed by atoms with Gasteiger partial charge in [0.1, 0.15) is 0 Å². The van der Waals surface area contributed by atoms with E-state index in [9.17, 15) is 0 Å². The van der Waals surface area contributed by atoms with Crippen molar-refractivity contribution < 1.29 is 0 Å². The fourth-order valence-corrected chi connectivity index (χ4v) is 8.09. The summed E-state index contributed by atoms with van der Waals surface area (Å²) in [7, 11) is 0. The number of anilines is 4. The van der Waals surface area contributed by atoms with Gasteiger partial charge in [0.2, 0.25) is 0 Å². The van der Waals surface area contributed by atoms with E-state index in [0.29, 0.717) is 0 Å². The fraction of sp³-hybridized carbons (Fsp3) is 0.333. The maximum absolute atomic E-state index is 3.82. The molecule has 6 rings (SSSR count). The van der Waals surface area contributed by atoms with E-state index in [-0.39, 0.29) is 5.41 Å². The summed E-state index contributed by atoms with van der Waals surface area (Å²) in [5.41, 5.74) is 21.6. The zero-order valence-corrected chi connectivity index (χ0v) is 30.0. The van der Waals surface area contributed by atoms with E-state index >= 15 is 0 Å². The van der Waals surface area contributed by atoms with Crippen molar-refractivity contribution in [3.05, 3.63) is 140 Å². The Kier molecular flexibility index (Phi) is 9.07. The van der Waals surface area contributed by atoms with Gasteiger partial charge in [-0.25, -0.2) is 0 Å². The Bertz CT molecular complexity index is 1800. The van der Waals surface area contributed by atoms with Crippen LogP contribution in [-0.2, 0) is 11.8 Å². The summed E-state index contributed by atoms with van der Waals surface area (Å²) in [6.45, 7) is 20.2. The first kappa shape index (κ1) is 32.6. The molecule has 2 heteroatoms. The van der Waals surface area contributed by atoms with Crippen LogP contribution in [0.4, 0.5) is 22.7 Å². The van der Waals surface area contributed by atoms with Crippen molar-refractivity contribution >= 4 is 22.7 Å². The first-order valence-corrected chi connectivity index (χ1v) is 17.6. The van der Waals surface area contributed by atoms with Gasteiger partial charge in [0.25, 0.3) is 0 Å². The molecule has 0 bridgehead atoms. The number of benzene rings is 5. The van der Waals surface area contributed by atoms with Crippen molar-refractivity contribution in [3.63, 3.8) is 0 Å². The number of rotatable bonds is 10.